The van der Waals surface area contributed by atoms with Crippen LogP contribution in [0, 0.1) is 5.82 Å². The molecule has 1 aliphatic rings. The van der Waals surface area contributed by atoms with Crippen molar-refractivity contribution < 1.29 is 23.1 Å². The van der Waals surface area contributed by atoms with Crippen molar-refractivity contribution in [2.75, 3.05) is 18.1 Å². The zero-order chi connectivity index (χ0) is 22.6. The maximum atomic E-state index is 14.1. The molecule has 2 heterocycles. The zero-order valence-corrected chi connectivity index (χ0v) is 18.4. The number of rotatable bonds is 6. The number of anilines is 1. The second-order valence-corrected chi connectivity index (χ2v) is 8.21. The minimum absolute atomic E-state index is 0.0673. The van der Waals surface area contributed by atoms with Gasteiger partial charge >= 0.3 is 0 Å². The Morgan fingerprint density at radius 2 is 1.94 bits per heavy atom. The third-order valence-corrected chi connectivity index (χ3v) is 5.71. The normalized spacial score (nSPS) is 17.5. The number of hydrogen-bond acceptors (Lipinski definition) is 5. The lowest BCUT2D eigenvalue weighted by molar-refractivity contribution is -0.132. The van der Waals surface area contributed by atoms with Crippen molar-refractivity contribution in [3.8, 4) is 0 Å². The first-order valence-corrected chi connectivity index (χ1v) is 10.5. The summed E-state index contributed by atoms with van der Waals surface area (Å²) < 4.78 is 33.5. The molecule has 166 valence electrons. The van der Waals surface area contributed by atoms with E-state index in [1.165, 1.54) is 25.3 Å². The molecule has 2 amide bonds. The molecule has 0 radical (unpaired) electrons. The SMILES string of the molecule is C[C@@](C(=O)NC1CCOCC1)(c1cncc(F)c1)N(C(=O)[C@H](F)Cl)c1ccc(S)cc1. The minimum atomic E-state index is -2.42. The predicted octanol–water partition coefficient (Wildman–Crippen LogP) is 3.59. The standard InChI is InChI=1S/C21H22ClF2N3O3S/c1-21(13-10-14(23)12-25-11-13,20(29)26-15-6-8-30-9-7-15)27(19(28)18(22)24)16-2-4-17(31)5-3-16/h2-5,10-12,15,18,31H,6-9H2,1H3,(H,26,29)/t18-,21-/m0/s1. The van der Waals surface area contributed by atoms with Crippen molar-refractivity contribution in [3.05, 3.63) is 54.1 Å². The molecule has 1 saturated heterocycles. The Balaban J connectivity index is 2.14. The molecule has 0 spiro atoms. The summed E-state index contributed by atoms with van der Waals surface area (Å²) in [6.07, 6.45) is 3.39. The number of alkyl halides is 2. The largest absolute Gasteiger partial charge is 0.381 e. The molecule has 2 atom stereocenters. The molecule has 1 N–H and O–H groups in total. The van der Waals surface area contributed by atoms with Crippen LogP contribution in [0.5, 0.6) is 0 Å². The van der Waals surface area contributed by atoms with Crippen LogP contribution in [0.15, 0.2) is 47.6 Å². The lowest BCUT2D eigenvalue weighted by Gasteiger charge is -2.41. The predicted molar refractivity (Wildman–Crippen MR) is 115 cm³/mol. The molecule has 6 nitrogen and oxygen atoms in total. The topological polar surface area (TPSA) is 71.5 Å². The lowest BCUT2D eigenvalue weighted by Crippen LogP contribution is -2.60. The quantitative estimate of drug-likeness (QED) is 0.501. The van der Waals surface area contributed by atoms with Crippen LogP contribution in [0.25, 0.3) is 0 Å². The van der Waals surface area contributed by atoms with E-state index in [-0.39, 0.29) is 17.3 Å². The number of thiol groups is 1. The molecule has 1 aromatic heterocycles. The van der Waals surface area contributed by atoms with E-state index in [0.29, 0.717) is 31.0 Å². The number of aromatic nitrogens is 1. The van der Waals surface area contributed by atoms with Gasteiger partial charge in [0.2, 0.25) is 0 Å². The van der Waals surface area contributed by atoms with Gasteiger partial charge in [0.1, 0.15) is 5.82 Å². The van der Waals surface area contributed by atoms with Crippen LogP contribution in [0.1, 0.15) is 25.3 Å². The average molecular weight is 470 g/mol. The molecule has 1 aliphatic heterocycles. The molecule has 0 aliphatic carbocycles. The number of ether oxygens (including phenoxy) is 1. The van der Waals surface area contributed by atoms with Gasteiger partial charge < -0.3 is 10.1 Å². The van der Waals surface area contributed by atoms with E-state index < -0.39 is 28.8 Å². The van der Waals surface area contributed by atoms with Crippen molar-refractivity contribution in [2.24, 2.45) is 0 Å². The maximum absolute atomic E-state index is 14.1. The highest BCUT2D eigenvalue weighted by Gasteiger charge is 2.47. The van der Waals surface area contributed by atoms with Gasteiger partial charge in [-0.1, -0.05) is 11.6 Å². The summed E-state index contributed by atoms with van der Waals surface area (Å²) in [6.45, 7) is 2.36. The van der Waals surface area contributed by atoms with Crippen molar-refractivity contribution in [1.82, 2.24) is 10.3 Å². The highest BCUT2D eigenvalue weighted by atomic mass is 35.5. The summed E-state index contributed by atoms with van der Waals surface area (Å²) in [5, 5.41) is 2.89. The van der Waals surface area contributed by atoms with E-state index in [2.05, 4.69) is 22.9 Å². The molecule has 0 bridgehead atoms. The number of pyridine rings is 1. The van der Waals surface area contributed by atoms with E-state index in [0.717, 1.165) is 17.2 Å². The Morgan fingerprint density at radius 3 is 2.52 bits per heavy atom. The Morgan fingerprint density at radius 1 is 1.29 bits per heavy atom. The van der Waals surface area contributed by atoms with Crippen molar-refractivity contribution in [3.63, 3.8) is 0 Å². The summed E-state index contributed by atoms with van der Waals surface area (Å²) in [7, 11) is 0. The molecule has 31 heavy (non-hydrogen) atoms. The molecule has 0 saturated carbocycles. The van der Waals surface area contributed by atoms with Gasteiger partial charge in [0.25, 0.3) is 17.4 Å². The molecule has 1 fully saturated rings. The Kier molecular flexibility index (Phi) is 7.51. The highest BCUT2D eigenvalue weighted by molar-refractivity contribution is 7.80. The zero-order valence-electron chi connectivity index (χ0n) is 16.7. The van der Waals surface area contributed by atoms with Crippen molar-refractivity contribution >= 4 is 41.7 Å². The monoisotopic (exact) mass is 469 g/mol. The van der Waals surface area contributed by atoms with Crippen molar-refractivity contribution in [1.29, 1.82) is 0 Å². The number of carbonyl (C=O) groups excluding carboxylic acids is 2. The van der Waals surface area contributed by atoms with Gasteiger partial charge in [-0.2, -0.15) is 0 Å². The number of nitrogens with one attached hydrogen (secondary N) is 1. The minimum Gasteiger partial charge on any atom is -0.381 e. The van der Waals surface area contributed by atoms with Gasteiger partial charge in [-0.3, -0.25) is 19.5 Å². The number of nitrogens with zero attached hydrogens (tertiary/aromatic N) is 2. The number of benzene rings is 1. The fourth-order valence-electron chi connectivity index (χ4n) is 3.51. The van der Waals surface area contributed by atoms with E-state index in [4.69, 9.17) is 16.3 Å². The summed E-state index contributed by atoms with van der Waals surface area (Å²) in [5.74, 6) is -2.49. The summed E-state index contributed by atoms with van der Waals surface area (Å²) in [5.41, 5.74) is -4.01. The summed E-state index contributed by atoms with van der Waals surface area (Å²) in [4.78, 5) is 31.8. The number of hydrogen-bond donors (Lipinski definition) is 2. The van der Waals surface area contributed by atoms with Gasteiger partial charge in [-0.25, -0.2) is 8.78 Å². The Labute approximate surface area is 189 Å². The Bertz CT molecular complexity index is 942. The van der Waals surface area contributed by atoms with Crippen LogP contribution < -0.4 is 10.2 Å². The van der Waals surface area contributed by atoms with Crippen LogP contribution in [0.4, 0.5) is 14.5 Å². The second kappa shape index (κ2) is 9.93. The smallest absolute Gasteiger partial charge is 0.278 e. The molecule has 2 aromatic rings. The van der Waals surface area contributed by atoms with Gasteiger partial charge in [0, 0.05) is 41.6 Å². The van der Waals surface area contributed by atoms with E-state index in [1.807, 2.05) is 0 Å². The molecular formula is C21H22ClF2N3O3S. The lowest BCUT2D eigenvalue weighted by atomic mass is 9.88. The summed E-state index contributed by atoms with van der Waals surface area (Å²) >= 11 is 9.74. The van der Waals surface area contributed by atoms with Gasteiger partial charge in [0.05, 0.1) is 6.20 Å². The first-order chi connectivity index (χ1) is 14.7. The highest BCUT2D eigenvalue weighted by Crippen LogP contribution is 2.36. The van der Waals surface area contributed by atoms with Crippen LogP contribution in [-0.2, 0) is 19.9 Å². The maximum Gasteiger partial charge on any atom is 0.278 e. The van der Waals surface area contributed by atoms with Crippen LogP contribution in [0.2, 0.25) is 0 Å². The van der Waals surface area contributed by atoms with Crippen LogP contribution in [0.3, 0.4) is 0 Å². The number of carbonyl (C=O) groups is 2. The first-order valence-electron chi connectivity index (χ1n) is 9.64. The fourth-order valence-corrected chi connectivity index (χ4v) is 3.76. The van der Waals surface area contributed by atoms with Gasteiger partial charge in [-0.05, 0) is 50.1 Å². The number of halogens is 3. The van der Waals surface area contributed by atoms with Crippen LogP contribution in [-0.4, -0.2) is 41.7 Å². The van der Waals surface area contributed by atoms with E-state index >= 15 is 0 Å². The molecule has 1 aromatic carbocycles. The Hall–Kier alpha value is -2.23. The molecule has 3 rings (SSSR count). The van der Waals surface area contributed by atoms with E-state index in [1.54, 1.807) is 12.1 Å². The second-order valence-electron chi connectivity index (χ2n) is 7.31. The van der Waals surface area contributed by atoms with Gasteiger partial charge in [-0.15, -0.1) is 12.6 Å². The first kappa shape index (κ1) is 23.4. The fraction of sp³-hybridized carbons (Fsp3) is 0.381. The molecule has 10 heteroatoms. The summed E-state index contributed by atoms with van der Waals surface area (Å²) in [6, 6.07) is 7.06. The molecule has 0 unspecified atom stereocenters. The van der Waals surface area contributed by atoms with Gasteiger partial charge in [0.15, 0.2) is 5.54 Å². The van der Waals surface area contributed by atoms with Crippen LogP contribution >= 0.6 is 24.2 Å². The average Bonchev–Trinajstić information content (AvgIpc) is 2.75. The van der Waals surface area contributed by atoms with Crippen molar-refractivity contribution in [2.45, 2.75) is 41.9 Å². The van der Waals surface area contributed by atoms with E-state index in [9.17, 15) is 18.4 Å². The third-order valence-electron chi connectivity index (χ3n) is 5.23. The molecular weight excluding hydrogens is 448 g/mol. The number of amides is 2. The third kappa shape index (κ3) is 5.16.